The Hall–Kier alpha value is -0.930. The highest BCUT2D eigenvalue weighted by Gasteiger charge is 2.36. The molecule has 0 atom stereocenters. The molecule has 0 spiro atoms. The Morgan fingerprint density at radius 2 is 2.00 bits per heavy atom. The van der Waals surface area contributed by atoms with E-state index in [2.05, 4.69) is 0 Å². The molecule has 0 amide bonds. The maximum absolute atomic E-state index is 13.3. The molecule has 4 heteroatoms. The maximum atomic E-state index is 13.3. The number of carbonyl (C=O) groups excluding carboxylic acids is 1. The Kier molecular flexibility index (Phi) is 4.03. The second-order valence-corrected chi connectivity index (χ2v) is 5.28. The third-order valence-electron chi connectivity index (χ3n) is 3.58. The summed E-state index contributed by atoms with van der Waals surface area (Å²) in [5.41, 5.74) is -0.797. The van der Waals surface area contributed by atoms with Gasteiger partial charge in [0.05, 0.1) is 5.02 Å². The molecule has 0 heterocycles. The fraction of sp³-hybridized carbons (Fsp3) is 0.500. The molecule has 1 N–H and O–H groups in total. The molecule has 0 saturated heterocycles. The molecule has 18 heavy (non-hydrogen) atoms. The van der Waals surface area contributed by atoms with E-state index in [4.69, 9.17) is 11.6 Å². The molecule has 0 unspecified atom stereocenters. The third-order valence-corrected chi connectivity index (χ3v) is 4.01. The normalized spacial score (nSPS) is 18.6. The molecule has 1 aliphatic carbocycles. The van der Waals surface area contributed by atoms with Crippen LogP contribution < -0.4 is 0 Å². The van der Waals surface area contributed by atoms with Crippen molar-refractivity contribution in [3.8, 4) is 0 Å². The molecule has 1 saturated carbocycles. The first-order chi connectivity index (χ1) is 8.53. The van der Waals surface area contributed by atoms with Crippen LogP contribution in [0.1, 0.15) is 37.7 Å². The van der Waals surface area contributed by atoms with E-state index in [1.807, 2.05) is 0 Å². The largest absolute Gasteiger partial charge is 0.382 e. The average molecular weight is 271 g/mol. The molecule has 1 aliphatic rings. The summed E-state index contributed by atoms with van der Waals surface area (Å²) in [6, 6.07) is 4.40. The summed E-state index contributed by atoms with van der Waals surface area (Å²) in [6.07, 6.45) is 3.76. The van der Waals surface area contributed by atoms with Crippen LogP contribution in [-0.4, -0.2) is 16.5 Å². The van der Waals surface area contributed by atoms with Crippen LogP contribution in [0.25, 0.3) is 0 Å². The maximum Gasteiger partial charge on any atom is 0.168 e. The topological polar surface area (TPSA) is 37.3 Å². The number of rotatable bonds is 3. The molecular weight excluding hydrogens is 255 g/mol. The Morgan fingerprint density at radius 3 is 2.67 bits per heavy atom. The van der Waals surface area contributed by atoms with Crippen molar-refractivity contribution in [3.63, 3.8) is 0 Å². The number of halogens is 2. The smallest absolute Gasteiger partial charge is 0.168 e. The van der Waals surface area contributed by atoms with Gasteiger partial charge < -0.3 is 5.11 Å². The third kappa shape index (κ3) is 2.73. The molecule has 1 aromatic rings. The molecule has 1 aromatic carbocycles. The van der Waals surface area contributed by atoms with Crippen LogP contribution in [0.5, 0.6) is 0 Å². The SMILES string of the molecule is O=C(Cc1cccc(F)c1Cl)C1(O)CCCCC1. The zero-order chi connectivity index (χ0) is 13.2. The molecular formula is C14H16ClFO2. The number of ketones is 1. The van der Waals surface area contributed by atoms with Crippen LogP contribution in [0.2, 0.25) is 5.02 Å². The quantitative estimate of drug-likeness (QED) is 0.915. The van der Waals surface area contributed by atoms with Crippen molar-refractivity contribution in [2.45, 2.75) is 44.1 Å². The van der Waals surface area contributed by atoms with E-state index >= 15 is 0 Å². The van der Waals surface area contributed by atoms with E-state index in [0.717, 1.165) is 19.3 Å². The van der Waals surface area contributed by atoms with Crippen molar-refractivity contribution in [2.75, 3.05) is 0 Å². The zero-order valence-corrected chi connectivity index (χ0v) is 10.8. The van der Waals surface area contributed by atoms with E-state index in [9.17, 15) is 14.3 Å². The molecule has 1 fully saturated rings. The standard InChI is InChI=1S/C14H16ClFO2/c15-13-10(5-4-6-11(13)16)9-12(17)14(18)7-2-1-3-8-14/h4-6,18H,1-3,7-9H2. The fourth-order valence-electron chi connectivity index (χ4n) is 2.44. The van der Waals surface area contributed by atoms with Gasteiger partial charge in [-0.2, -0.15) is 0 Å². The highest BCUT2D eigenvalue weighted by Crippen LogP contribution is 2.31. The summed E-state index contributed by atoms with van der Waals surface area (Å²) >= 11 is 5.81. The van der Waals surface area contributed by atoms with Crippen molar-refractivity contribution < 1.29 is 14.3 Å². The number of carbonyl (C=O) groups is 1. The van der Waals surface area contributed by atoms with E-state index in [-0.39, 0.29) is 17.2 Å². The molecule has 0 radical (unpaired) electrons. The summed E-state index contributed by atoms with van der Waals surface area (Å²) in [4.78, 5) is 12.1. The number of hydrogen-bond donors (Lipinski definition) is 1. The van der Waals surface area contributed by atoms with Crippen LogP contribution in [0, 0.1) is 5.82 Å². The average Bonchev–Trinajstić information content (AvgIpc) is 2.36. The first-order valence-electron chi connectivity index (χ1n) is 6.21. The summed E-state index contributed by atoms with van der Waals surface area (Å²) in [6.45, 7) is 0. The predicted octanol–water partition coefficient (Wildman–Crippen LogP) is 3.29. The summed E-state index contributed by atoms with van der Waals surface area (Å²) < 4.78 is 13.3. The van der Waals surface area contributed by atoms with Gasteiger partial charge in [0.1, 0.15) is 11.4 Å². The second kappa shape index (κ2) is 5.37. The first-order valence-corrected chi connectivity index (χ1v) is 6.59. The van der Waals surface area contributed by atoms with Gasteiger partial charge in [-0.25, -0.2) is 4.39 Å². The molecule has 2 rings (SSSR count). The van der Waals surface area contributed by atoms with Crippen LogP contribution in [0.15, 0.2) is 18.2 Å². The lowest BCUT2D eigenvalue weighted by Gasteiger charge is -2.30. The van der Waals surface area contributed by atoms with Crippen LogP contribution >= 0.6 is 11.6 Å². The van der Waals surface area contributed by atoms with E-state index in [0.29, 0.717) is 18.4 Å². The second-order valence-electron chi connectivity index (χ2n) is 4.91. The Balaban J connectivity index is 2.13. The Morgan fingerprint density at radius 1 is 1.33 bits per heavy atom. The molecule has 0 aromatic heterocycles. The minimum absolute atomic E-state index is 0.00685. The first kappa shape index (κ1) is 13.5. The lowest BCUT2D eigenvalue weighted by Crippen LogP contribution is -2.41. The molecule has 0 aliphatic heterocycles. The predicted molar refractivity (Wildman–Crippen MR) is 68.2 cm³/mol. The Labute approximate surface area is 111 Å². The van der Waals surface area contributed by atoms with Gasteiger partial charge in [-0.05, 0) is 24.5 Å². The van der Waals surface area contributed by atoms with Gasteiger partial charge in [-0.3, -0.25) is 4.79 Å². The number of aliphatic hydroxyl groups is 1. The summed E-state index contributed by atoms with van der Waals surface area (Å²) in [5, 5.41) is 10.3. The zero-order valence-electron chi connectivity index (χ0n) is 10.1. The lowest BCUT2D eigenvalue weighted by molar-refractivity contribution is -0.139. The summed E-state index contributed by atoms with van der Waals surface area (Å²) in [7, 11) is 0. The van der Waals surface area contributed by atoms with Crippen molar-refractivity contribution in [1.82, 2.24) is 0 Å². The van der Waals surface area contributed by atoms with Gasteiger partial charge in [-0.1, -0.05) is 43.0 Å². The van der Waals surface area contributed by atoms with Crippen molar-refractivity contribution in [1.29, 1.82) is 0 Å². The van der Waals surface area contributed by atoms with E-state index in [1.165, 1.54) is 12.1 Å². The minimum atomic E-state index is -1.24. The van der Waals surface area contributed by atoms with Gasteiger partial charge in [0.15, 0.2) is 5.78 Å². The van der Waals surface area contributed by atoms with Crippen LogP contribution in [0.4, 0.5) is 4.39 Å². The van der Waals surface area contributed by atoms with Gasteiger partial charge in [0.25, 0.3) is 0 Å². The lowest BCUT2D eigenvalue weighted by atomic mass is 9.80. The molecule has 98 valence electrons. The molecule has 2 nitrogen and oxygen atoms in total. The molecule has 0 bridgehead atoms. The Bertz CT molecular complexity index is 453. The summed E-state index contributed by atoms with van der Waals surface area (Å²) in [5.74, 6) is -0.785. The van der Waals surface area contributed by atoms with Gasteiger partial charge in [0, 0.05) is 6.42 Å². The monoisotopic (exact) mass is 270 g/mol. The van der Waals surface area contributed by atoms with Gasteiger partial charge in [0.2, 0.25) is 0 Å². The number of hydrogen-bond acceptors (Lipinski definition) is 2. The highest BCUT2D eigenvalue weighted by molar-refractivity contribution is 6.31. The van der Waals surface area contributed by atoms with Gasteiger partial charge in [-0.15, -0.1) is 0 Å². The number of Topliss-reactive ketones (excluding diaryl/α,β-unsaturated/α-hetero) is 1. The van der Waals surface area contributed by atoms with Crippen molar-refractivity contribution in [2.24, 2.45) is 0 Å². The van der Waals surface area contributed by atoms with Crippen LogP contribution in [-0.2, 0) is 11.2 Å². The van der Waals surface area contributed by atoms with E-state index < -0.39 is 11.4 Å². The fourth-order valence-corrected chi connectivity index (χ4v) is 2.63. The number of benzene rings is 1. The highest BCUT2D eigenvalue weighted by atomic mass is 35.5. The van der Waals surface area contributed by atoms with E-state index in [1.54, 1.807) is 6.07 Å². The van der Waals surface area contributed by atoms with Gasteiger partial charge >= 0.3 is 0 Å². The van der Waals surface area contributed by atoms with Crippen LogP contribution in [0.3, 0.4) is 0 Å². The minimum Gasteiger partial charge on any atom is -0.382 e. The van der Waals surface area contributed by atoms with Crippen molar-refractivity contribution in [3.05, 3.63) is 34.6 Å². The van der Waals surface area contributed by atoms with Crippen molar-refractivity contribution >= 4 is 17.4 Å².